The molecule has 0 radical (unpaired) electrons. The predicted molar refractivity (Wildman–Crippen MR) is 94.7 cm³/mol. The van der Waals surface area contributed by atoms with Gasteiger partial charge in [0.2, 0.25) is 0 Å². The first-order valence-electron chi connectivity index (χ1n) is 7.00. The standard InChI is InChI=1S/C17H17FINO3/c1-22-15-9-12(14(19)10-16(15)23-2)17(21)20-8-7-11-5-3-4-6-13(11)18/h3-6,9-10H,7-8H2,1-2H3,(H,20,21). The Morgan fingerprint density at radius 1 is 1.17 bits per heavy atom. The largest absolute Gasteiger partial charge is 0.493 e. The summed E-state index contributed by atoms with van der Waals surface area (Å²) in [4.78, 5) is 12.3. The SMILES string of the molecule is COc1cc(I)c(C(=O)NCCc2ccccc2F)cc1OC. The molecular weight excluding hydrogens is 412 g/mol. The number of hydrogen-bond acceptors (Lipinski definition) is 3. The first kappa shape index (κ1) is 17.5. The molecule has 1 N–H and O–H groups in total. The van der Waals surface area contributed by atoms with Crippen molar-refractivity contribution in [1.82, 2.24) is 5.32 Å². The van der Waals surface area contributed by atoms with E-state index >= 15 is 0 Å². The van der Waals surface area contributed by atoms with E-state index in [-0.39, 0.29) is 11.7 Å². The molecule has 0 bridgehead atoms. The molecule has 2 aromatic carbocycles. The highest BCUT2D eigenvalue weighted by atomic mass is 127. The van der Waals surface area contributed by atoms with Crippen LogP contribution in [0.5, 0.6) is 11.5 Å². The van der Waals surface area contributed by atoms with E-state index in [0.717, 1.165) is 3.57 Å². The molecule has 4 nitrogen and oxygen atoms in total. The Morgan fingerprint density at radius 3 is 2.48 bits per heavy atom. The first-order chi connectivity index (χ1) is 11.1. The number of halogens is 2. The number of hydrogen-bond donors (Lipinski definition) is 1. The fourth-order valence-corrected chi connectivity index (χ4v) is 2.82. The smallest absolute Gasteiger partial charge is 0.252 e. The van der Waals surface area contributed by atoms with E-state index in [1.54, 1.807) is 37.4 Å². The fourth-order valence-electron chi connectivity index (χ4n) is 2.14. The Bertz CT molecular complexity index is 706. The summed E-state index contributed by atoms with van der Waals surface area (Å²) in [7, 11) is 3.06. The van der Waals surface area contributed by atoms with Crippen molar-refractivity contribution < 1.29 is 18.7 Å². The molecule has 2 aromatic rings. The molecule has 0 saturated carbocycles. The van der Waals surface area contributed by atoms with E-state index in [2.05, 4.69) is 27.9 Å². The lowest BCUT2D eigenvalue weighted by molar-refractivity contribution is 0.0952. The summed E-state index contributed by atoms with van der Waals surface area (Å²) in [5.74, 6) is 0.570. The molecule has 122 valence electrons. The minimum atomic E-state index is -0.262. The van der Waals surface area contributed by atoms with Crippen molar-refractivity contribution in [2.75, 3.05) is 20.8 Å². The number of carbonyl (C=O) groups excluding carboxylic acids is 1. The molecule has 0 aromatic heterocycles. The van der Waals surface area contributed by atoms with Crippen LogP contribution in [-0.2, 0) is 6.42 Å². The molecule has 0 atom stereocenters. The molecule has 2 rings (SSSR count). The second-order valence-electron chi connectivity index (χ2n) is 4.78. The number of amides is 1. The van der Waals surface area contributed by atoms with Crippen molar-refractivity contribution in [3.63, 3.8) is 0 Å². The Kier molecular flexibility index (Phi) is 6.20. The normalized spacial score (nSPS) is 10.3. The van der Waals surface area contributed by atoms with Crippen LogP contribution in [0.15, 0.2) is 36.4 Å². The molecular formula is C17H17FINO3. The van der Waals surface area contributed by atoms with Gasteiger partial charge in [0, 0.05) is 10.1 Å². The van der Waals surface area contributed by atoms with E-state index in [1.165, 1.54) is 13.2 Å². The highest BCUT2D eigenvalue weighted by Gasteiger charge is 2.15. The average molecular weight is 429 g/mol. The maximum absolute atomic E-state index is 13.5. The lowest BCUT2D eigenvalue weighted by Crippen LogP contribution is -2.26. The molecule has 0 unspecified atom stereocenters. The van der Waals surface area contributed by atoms with Crippen LogP contribution >= 0.6 is 22.6 Å². The molecule has 0 aliphatic carbocycles. The van der Waals surface area contributed by atoms with Crippen LogP contribution in [0.25, 0.3) is 0 Å². The van der Waals surface area contributed by atoms with Crippen LogP contribution in [0.2, 0.25) is 0 Å². The molecule has 0 heterocycles. The summed E-state index contributed by atoms with van der Waals surface area (Å²) in [6.45, 7) is 0.351. The summed E-state index contributed by atoms with van der Waals surface area (Å²) in [6, 6.07) is 9.92. The third-order valence-electron chi connectivity index (χ3n) is 3.36. The Morgan fingerprint density at radius 2 is 1.83 bits per heavy atom. The Balaban J connectivity index is 2.05. The van der Waals surface area contributed by atoms with E-state index in [4.69, 9.17) is 9.47 Å². The third-order valence-corrected chi connectivity index (χ3v) is 4.25. The van der Waals surface area contributed by atoms with Crippen molar-refractivity contribution in [2.24, 2.45) is 0 Å². The predicted octanol–water partition coefficient (Wildman–Crippen LogP) is 3.42. The van der Waals surface area contributed by atoms with E-state index < -0.39 is 0 Å². The highest BCUT2D eigenvalue weighted by Crippen LogP contribution is 2.31. The highest BCUT2D eigenvalue weighted by molar-refractivity contribution is 14.1. The van der Waals surface area contributed by atoms with Crippen LogP contribution in [0, 0.1) is 9.39 Å². The second kappa shape index (κ2) is 8.14. The number of ether oxygens (including phenoxy) is 2. The van der Waals surface area contributed by atoms with Crippen LogP contribution in [0.1, 0.15) is 15.9 Å². The molecule has 0 aliphatic heterocycles. The summed E-state index contributed by atoms with van der Waals surface area (Å²) in [5.41, 5.74) is 1.08. The van der Waals surface area contributed by atoms with E-state index in [1.807, 2.05) is 0 Å². The van der Waals surface area contributed by atoms with Crippen molar-refractivity contribution >= 4 is 28.5 Å². The number of carbonyl (C=O) groups is 1. The Hall–Kier alpha value is -1.83. The van der Waals surface area contributed by atoms with Crippen molar-refractivity contribution in [3.05, 3.63) is 56.9 Å². The van der Waals surface area contributed by atoms with E-state index in [9.17, 15) is 9.18 Å². The summed E-state index contributed by atoms with van der Waals surface area (Å²) < 4.78 is 24.7. The lowest BCUT2D eigenvalue weighted by Gasteiger charge is -2.12. The molecule has 0 spiro atoms. The lowest BCUT2D eigenvalue weighted by atomic mass is 10.1. The zero-order chi connectivity index (χ0) is 16.8. The van der Waals surface area contributed by atoms with Crippen molar-refractivity contribution in [2.45, 2.75) is 6.42 Å². The van der Waals surface area contributed by atoms with Gasteiger partial charge in [0.15, 0.2) is 11.5 Å². The average Bonchev–Trinajstić information content (AvgIpc) is 2.56. The Labute approximate surface area is 148 Å². The van der Waals surface area contributed by atoms with Crippen LogP contribution < -0.4 is 14.8 Å². The summed E-state index contributed by atoms with van der Waals surface area (Å²) in [6.07, 6.45) is 0.433. The van der Waals surface area contributed by atoms with Gasteiger partial charge in [-0.15, -0.1) is 0 Å². The molecule has 0 aliphatic rings. The van der Waals surface area contributed by atoms with Gasteiger partial charge in [-0.05, 0) is 52.8 Å². The summed E-state index contributed by atoms with van der Waals surface area (Å²) in [5, 5.41) is 2.80. The molecule has 1 amide bonds. The van der Waals surface area contributed by atoms with Gasteiger partial charge in [-0.25, -0.2) is 4.39 Å². The number of nitrogens with one attached hydrogen (secondary N) is 1. The van der Waals surface area contributed by atoms with Gasteiger partial charge in [-0.3, -0.25) is 4.79 Å². The molecule has 23 heavy (non-hydrogen) atoms. The van der Waals surface area contributed by atoms with Gasteiger partial charge in [-0.1, -0.05) is 18.2 Å². The number of rotatable bonds is 6. The molecule has 6 heteroatoms. The minimum absolute atomic E-state index is 0.230. The topological polar surface area (TPSA) is 47.6 Å². The quantitative estimate of drug-likeness (QED) is 0.717. The number of methoxy groups -OCH3 is 2. The monoisotopic (exact) mass is 429 g/mol. The van der Waals surface area contributed by atoms with Gasteiger partial charge in [0.25, 0.3) is 5.91 Å². The van der Waals surface area contributed by atoms with Gasteiger partial charge in [0.05, 0.1) is 19.8 Å². The maximum atomic E-state index is 13.5. The van der Waals surface area contributed by atoms with Gasteiger partial charge >= 0.3 is 0 Å². The first-order valence-corrected chi connectivity index (χ1v) is 8.07. The van der Waals surface area contributed by atoms with Crippen LogP contribution in [0.3, 0.4) is 0 Å². The summed E-state index contributed by atoms with van der Waals surface area (Å²) >= 11 is 2.07. The zero-order valence-corrected chi connectivity index (χ0v) is 15.0. The molecule has 0 fully saturated rings. The fraction of sp³-hybridized carbons (Fsp3) is 0.235. The minimum Gasteiger partial charge on any atom is -0.493 e. The van der Waals surface area contributed by atoms with Crippen LogP contribution in [-0.4, -0.2) is 26.7 Å². The van der Waals surface area contributed by atoms with Gasteiger partial charge < -0.3 is 14.8 Å². The second-order valence-corrected chi connectivity index (χ2v) is 5.95. The van der Waals surface area contributed by atoms with Crippen LogP contribution in [0.4, 0.5) is 4.39 Å². The van der Waals surface area contributed by atoms with Gasteiger partial charge in [0.1, 0.15) is 5.82 Å². The van der Waals surface area contributed by atoms with Crippen molar-refractivity contribution in [1.29, 1.82) is 0 Å². The van der Waals surface area contributed by atoms with Crippen molar-refractivity contribution in [3.8, 4) is 11.5 Å². The van der Waals surface area contributed by atoms with E-state index in [0.29, 0.717) is 35.6 Å². The third kappa shape index (κ3) is 4.34. The molecule has 0 saturated heterocycles. The maximum Gasteiger partial charge on any atom is 0.252 e. The zero-order valence-electron chi connectivity index (χ0n) is 12.9. The number of benzene rings is 2. The van der Waals surface area contributed by atoms with Gasteiger partial charge in [-0.2, -0.15) is 0 Å².